The van der Waals surface area contributed by atoms with Gasteiger partial charge in [-0.25, -0.2) is 0 Å². The SMILES string of the molecule is CCOC(=O)CCCCCN(C)C1c2ccc(C)cc2SN(C)c2ccccc21. The lowest BCUT2D eigenvalue weighted by atomic mass is 9.94. The van der Waals surface area contributed by atoms with Crippen molar-refractivity contribution in [1.29, 1.82) is 0 Å². The van der Waals surface area contributed by atoms with Crippen molar-refractivity contribution >= 4 is 23.6 Å². The first kappa shape index (κ1) is 21.7. The van der Waals surface area contributed by atoms with Crippen molar-refractivity contribution in [3.05, 3.63) is 59.2 Å². The molecule has 29 heavy (non-hydrogen) atoms. The lowest BCUT2D eigenvalue weighted by Crippen LogP contribution is -2.27. The largest absolute Gasteiger partial charge is 0.466 e. The summed E-state index contributed by atoms with van der Waals surface area (Å²) < 4.78 is 7.30. The summed E-state index contributed by atoms with van der Waals surface area (Å²) >= 11 is 1.81. The predicted octanol–water partition coefficient (Wildman–Crippen LogP) is 5.60. The zero-order valence-corrected chi connectivity index (χ0v) is 18.8. The molecule has 0 bridgehead atoms. The van der Waals surface area contributed by atoms with E-state index in [0.717, 1.165) is 25.8 Å². The number of rotatable bonds is 8. The highest BCUT2D eigenvalue weighted by Crippen LogP contribution is 2.45. The molecule has 0 aliphatic carbocycles. The third kappa shape index (κ3) is 5.34. The van der Waals surface area contributed by atoms with Gasteiger partial charge in [0.2, 0.25) is 0 Å². The molecule has 5 heteroatoms. The van der Waals surface area contributed by atoms with Gasteiger partial charge in [-0.3, -0.25) is 9.69 Å². The van der Waals surface area contributed by atoms with Crippen molar-refractivity contribution in [3.8, 4) is 0 Å². The van der Waals surface area contributed by atoms with Crippen LogP contribution >= 0.6 is 11.9 Å². The quantitative estimate of drug-likeness (QED) is 0.320. The van der Waals surface area contributed by atoms with Crippen LogP contribution in [0.1, 0.15) is 55.3 Å². The van der Waals surface area contributed by atoms with Crippen LogP contribution in [0.25, 0.3) is 0 Å². The van der Waals surface area contributed by atoms with E-state index in [-0.39, 0.29) is 12.0 Å². The Hall–Kier alpha value is -1.98. The molecule has 1 aliphatic heterocycles. The standard InChI is InChI=1S/C24H32N2O2S/c1-5-28-23(27)13-7-6-10-16-25(3)24-19-11-8-9-12-21(19)26(4)29-22-17-18(2)14-15-20(22)24/h8-9,11-12,14-15,17,24H,5-7,10,13,16H2,1-4H3. The minimum atomic E-state index is -0.0806. The molecule has 0 amide bonds. The van der Waals surface area contributed by atoms with Crippen LogP contribution in [0.3, 0.4) is 0 Å². The number of fused-ring (bicyclic) bond motifs is 2. The average molecular weight is 413 g/mol. The van der Waals surface area contributed by atoms with Gasteiger partial charge in [0.1, 0.15) is 0 Å². The Morgan fingerprint density at radius 2 is 1.93 bits per heavy atom. The molecule has 3 rings (SSSR count). The molecule has 156 valence electrons. The predicted molar refractivity (Wildman–Crippen MR) is 121 cm³/mol. The third-order valence-electron chi connectivity index (χ3n) is 5.41. The second-order valence-corrected chi connectivity index (χ2v) is 8.86. The maximum absolute atomic E-state index is 11.5. The van der Waals surface area contributed by atoms with E-state index in [1.54, 1.807) is 11.9 Å². The van der Waals surface area contributed by atoms with E-state index < -0.39 is 0 Å². The summed E-state index contributed by atoms with van der Waals surface area (Å²) in [6.45, 7) is 5.46. The summed E-state index contributed by atoms with van der Waals surface area (Å²) in [7, 11) is 4.36. The molecule has 0 aromatic heterocycles. The third-order valence-corrected chi connectivity index (χ3v) is 6.43. The first-order valence-corrected chi connectivity index (χ1v) is 11.3. The highest BCUT2D eigenvalue weighted by atomic mass is 32.2. The van der Waals surface area contributed by atoms with Gasteiger partial charge in [-0.05, 0) is 81.1 Å². The van der Waals surface area contributed by atoms with E-state index >= 15 is 0 Å². The number of benzene rings is 2. The van der Waals surface area contributed by atoms with E-state index in [1.807, 2.05) is 6.92 Å². The minimum Gasteiger partial charge on any atom is -0.466 e. The molecule has 0 saturated carbocycles. The molecule has 0 saturated heterocycles. The van der Waals surface area contributed by atoms with Crippen LogP contribution in [0.5, 0.6) is 0 Å². The average Bonchev–Trinajstić information content (AvgIpc) is 2.81. The van der Waals surface area contributed by atoms with Gasteiger partial charge in [0.25, 0.3) is 0 Å². The molecule has 1 aliphatic rings. The first-order chi connectivity index (χ1) is 14.0. The first-order valence-electron chi connectivity index (χ1n) is 10.5. The maximum atomic E-state index is 11.5. The van der Waals surface area contributed by atoms with Crippen LogP contribution in [0.15, 0.2) is 47.4 Å². The van der Waals surface area contributed by atoms with Crippen molar-refractivity contribution in [2.45, 2.75) is 50.5 Å². The Morgan fingerprint density at radius 3 is 2.72 bits per heavy atom. The second-order valence-electron chi connectivity index (χ2n) is 7.69. The van der Waals surface area contributed by atoms with Crippen LogP contribution < -0.4 is 4.31 Å². The molecular weight excluding hydrogens is 380 g/mol. The number of hydrogen-bond donors (Lipinski definition) is 0. The highest BCUT2D eigenvalue weighted by molar-refractivity contribution is 8.00. The van der Waals surface area contributed by atoms with Gasteiger partial charge >= 0.3 is 5.97 Å². The number of aryl methyl sites for hydroxylation is 1. The number of hydrogen-bond acceptors (Lipinski definition) is 5. The van der Waals surface area contributed by atoms with Crippen molar-refractivity contribution in [3.63, 3.8) is 0 Å². The molecule has 1 heterocycles. The van der Waals surface area contributed by atoms with Crippen molar-refractivity contribution < 1.29 is 9.53 Å². The Kier molecular flexibility index (Phi) is 7.62. The van der Waals surface area contributed by atoms with E-state index in [2.05, 4.69) is 72.7 Å². The van der Waals surface area contributed by atoms with E-state index in [4.69, 9.17) is 4.74 Å². The molecule has 0 radical (unpaired) electrons. The summed E-state index contributed by atoms with van der Waals surface area (Å²) in [5, 5.41) is 0. The number of para-hydroxylation sites is 1. The van der Waals surface area contributed by atoms with Crippen molar-refractivity contribution in [2.75, 3.05) is 31.6 Å². The lowest BCUT2D eigenvalue weighted by Gasteiger charge is -2.30. The molecule has 2 aromatic carbocycles. The Bertz CT molecular complexity index is 839. The molecule has 1 unspecified atom stereocenters. The molecule has 0 N–H and O–H groups in total. The molecular formula is C24H32N2O2S. The van der Waals surface area contributed by atoms with Crippen LogP contribution in [0, 0.1) is 6.92 Å². The molecule has 4 nitrogen and oxygen atoms in total. The fourth-order valence-corrected chi connectivity index (χ4v) is 5.04. The minimum absolute atomic E-state index is 0.0806. The van der Waals surface area contributed by atoms with Gasteiger partial charge in [-0.15, -0.1) is 0 Å². The van der Waals surface area contributed by atoms with Gasteiger partial charge in [0.05, 0.1) is 18.3 Å². The number of carbonyl (C=O) groups is 1. The lowest BCUT2D eigenvalue weighted by molar-refractivity contribution is -0.143. The van der Waals surface area contributed by atoms with Crippen LogP contribution in [-0.2, 0) is 9.53 Å². The summed E-state index contributed by atoms with van der Waals surface area (Å²) in [6, 6.07) is 15.7. The van der Waals surface area contributed by atoms with Crippen LogP contribution in [-0.4, -0.2) is 38.1 Å². The second kappa shape index (κ2) is 10.2. The number of esters is 1. The summed E-state index contributed by atoms with van der Waals surface area (Å²) in [6.07, 6.45) is 3.52. The smallest absolute Gasteiger partial charge is 0.305 e. The van der Waals surface area contributed by atoms with Gasteiger partial charge in [-0.1, -0.05) is 36.8 Å². The highest BCUT2D eigenvalue weighted by Gasteiger charge is 2.29. The van der Waals surface area contributed by atoms with Crippen molar-refractivity contribution in [1.82, 2.24) is 4.90 Å². The summed E-state index contributed by atoms with van der Waals surface area (Å²) in [5.74, 6) is -0.0806. The molecule has 0 spiro atoms. The molecule has 2 aromatic rings. The Balaban J connectivity index is 1.75. The van der Waals surface area contributed by atoms with Gasteiger partial charge in [0, 0.05) is 18.4 Å². The van der Waals surface area contributed by atoms with E-state index in [1.165, 1.54) is 27.3 Å². The summed E-state index contributed by atoms with van der Waals surface area (Å²) in [4.78, 5) is 15.3. The number of nitrogens with zero attached hydrogens (tertiary/aromatic N) is 2. The van der Waals surface area contributed by atoms with E-state index in [0.29, 0.717) is 13.0 Å². The topological polar surface area (TPSA) is 32.8 Å². The zero-order chi connectivity index (χ0) is 20.8. The molecule has 0 fully saturated rings. The number of anilines is 1. The van der Waals surface area contributed by atoms with Gasteiger partial charge in [-0.2, -0.15) is 0 Å². The normalized spacial score (nSPS) is 15.6. The van der Waals surface area contributed by atoms with Gasteiger partial charge < -0.3 is 9.04 Å². The van der Waals surface area contributed by atoms with Crippen LogP contribution in [0.4, 0.5) is 5.69 Å². The fraction of sp³-hybridized carbons (Fsp3) is 0.458. The number of unbranched alkanes of at least 4 members (excludes halogenated alkanes) is 2. The molecule has 1 atom stereocenters. The van der Waals surface area contributed by atoms with E-state index in [9.17, 15) is 4.79 Å². The van der Waals surface area contributed by atoms with Crippen molar-refractivity contribution in [2.24, 2.45) is 0 Å². The number of ether oxygens (including phenoxy) is 1. The van der Waals surface area contributed by atoms with Gasteiger partial charge in [0.15, 0.2) is 0 Å². The number of carbonyl (C=O) groups excluding carboxylic acids is 1. The van der Waals surface area contributed by atoms with Crippen LogP contribution in [0.2, 0.25) is 0 Å². The maximum Gasteiger partial charge on any atom is 0.305 e. The fourth-order valence-electron chi connectivity index (χ4n) is 3.96. The Labute approximate surface area is 179 Å². The zero-order valence-electron chi connectivity index (χ0n) is 18.0. The summed E-state index contributed by atoms with van der Waals surface area (Å²) in [5.41, 5.74) is 5.27. The Morgan fingerprint density at radius 1 is 1.14 bits per heavy atom. The monoisotopic (exact) mass is 412 g/mol.